The van der Waals surface area contributed by atoms with Crippen molar-refractivity contribution in [3.8, 4) is 0 Å². The number of carbonyl (C=O) groups is 3. The number of pyridine rings is 1. The van der Waals surface area contributed by atoms with E-state index in [9.17, 15) is 14.4 Å². The first kappa shape index (κ1) is 13.2. The lowest BCUT2D eigenvalue weighted by atomic mass is 10.1. The highest BCUT2D eigenvalue weighted by molar-refractivity contribution is 6.03. The smallest absolute Gasteiger partial charge is 0.283 e. The van der Waals surface area contributed by atoms with Gasteiger partial charge in [-0.1, -0.05) is 13.0 Å². The molecule has 1 fully saturated rings. The average Bonchev–Trinajstić information content (AvgIpc) is 2.65. The van der Waals surface area contributed by atoms with Crippen LogP contribution in [0.15, 0.2) is 18.2 Å². The largest absolute Gasteiger partial charge is 0.289 e. The minimum atomic E-state index is -0.519. The second kappa shape index (κ2) is 5.15. The van der Waals surface area contributed by atoms with E-state index in [1.807, 2.05) is 5.43 Å². The van der Waals surface area contributed by atoms with Crippen molar-refractivity contribution in [2.75, 3.05) is 0 Å². The van der Waals surface area contributed by atoms with E-state index in [2.05, 4.69) is 4.98 Å². The highest BCUT2D eigenvalue weighted by Gasteiger charge is 2.35. The molecule has 3 amide bonds. The molecule has 0 spiro atoms. The molecule has 1 unspecified atom stereocenters. The summed E-state index contributed by atoms with van der Waals surface area (Å²) in [5, 5.41) is 0. The van der Waals surface area contributed by atoms with Gasteiger partial charge in [-0.15, -0.1) is 0 Å². The number of hydrogen-bond acceptors (Lipinski definition) is 5. The molecule has 0 saturated carbocycles. The molecule has 1 aromatic heterocycles. The molecular weight excluding hydrogens is 248 g/mol. The van der Waals surface area contributed by atoms with E-state index >= 15 is 0 Å². The molecule has 0 aliphatic carbocycles. The Kier molecular flexibility index (Phi) is 3.57. The fraction of sp³-hybridized carbons (Fsp3) is 0.333. The fourth-order valence-electron chi connectivity index (χ4n) is 1.94. The van der Waals surface area contributed by atoms with Crippen LogP contribution in [0.4, 0.5) is 0 Å². The Bertz CT molecular complexity index is 544. The molecule has 3 N–H and O–H groups in total. The molecule has 1 aliphatic heterocycles. The molecule has 2 heterocycles. The monoisotopic (exact) mass is 262 g/mol. The Balaban J connectivity index is 2.18. The molecule has 7 nitrogen and oxygen atoms in total. The molecule has 1 saturated heterocycles. The topological polar surface area (TPSA) is 105 Å². The van der Waals surface area contributed by atoms with Crippen LogP contribution in [0.1, 0.15) is 29.5 Å². The first-order chi connectivity index (χ1) is 9.02. The number of nitrogen functional groups attached to an aromatic ring is 1. The van der Waals surface area contributed by atoms with Gasteiger partial charge in [-0.2, -0.15) is 0 Å². The second-order valence-electron chi connectivity index (χ2n) is 4.41. The van der Waals surface area contributed by atoms with Gasteiger partial charge in [-0.05, 0) is 12.1 Å². The molecule has 0 bridgehead atoms. The van der Waals surface area contributed by atoms with E-state index in [0.717, 1.165) is 4.90 Å². The summed E-state index contributed by atoms with van der Waals surface area (Å²) in [5.74, 6) is 3.79. The van der Waals surface area contributed by atoms with Crippen molar-refractivity contribution in [2.24, 2.45) is 11.8 Å². The number of nitrogens with zero attached hydrogens (tertiary/aromatic N) is 2. The standard InChI is InChI=1S/C12H14N4O3/c1-7-5-10(17)16(12(7)19)6-8-3-2-4-9(14-8)11(18)15-13/h2-4,7H,5-6,13H2,1H3,(H,15,18). The highest BCUT2D eigenvalue weighted by atomic mass is 16.2. The number of hydrazine groups is 1. The van der Waals surface area contributed by atoms with Crippen molar-refractivity contribution in [3.63, 3.8) is 0 Å². The molecule has 0 aromatic carbocycles. The van der Waals surface area contributed by atoms with E-state index in [1.165, 1.54) is 6.07 Å². The van der Waals surface area contributed by atoms with Crippen molar-refractivity contribution in [1.29, 1.82) is 0 Å². The number of likely N-dealkylation sites (tertiary alicyclic amines) is 1. The molecule has 1 aliphatic rings. The third kappa shape index (κ3) is 2.60. The minimum Gasteiger partial charge on any atom is -0.289 e. The summed E-state index contributed by atoms with van der Waals surface area (Å²) >= 11 is 0. The molecule has 19 heavy (non-hydrogen) atoms. The van der Waals surface area contributed by atoms with Gasteiger partial charge in [0.2, 0.25) is 11.8 Å². The number of amides is 3. The van der Waals surface area contributed by atoms with E-state index in [1.54, 1.807) is 19.1 Å². The number of carbonyl (C=O) groups excluding carboxylic acids is 3. The van der Waals surface area contributed by atoms with E-state index < -0.39 is 5.91 Å². The summed E-state index contributed by atoms with van der Waals surface area (Å²) in [6.45, 7) is 1.79. The van der Waals surface area contributed by atoms with Crippen LogP contribution in [0, 0.1) is 5.92 Å². The quantitative estimate of drug-likeness (QED) is 0.333. The number of aromatic nitrogens is 1. The normalized spacial score (nSPS) is 18.8. The second-order valence-corrected chi connectivity index (χ2v) is 4.41. The summed E-state index contributed by atoms with van der Waals surface area (Å²) in [6.07, 6.45) is 0.224. The summed E-state index contributed by atoms with van der Waals surface area (Å²) < 4.78 is 0. The van der Waals surface area contributed by atoms with Crippen LogP contribution < -0.4 is 11.3 Å². The van der Waals surface area contributed by atoms with Crippen molar-refractivity contribution < 1.29 is 14.4 Å². The third-order valence-corrected chi connectivity index (χ3v) is 2.96. The van der Waals surface area contributed by atoms with Crippen LogP contribution in [-0.4, -0.2) is 27.6 Å². The average molecular weight is 262 g/mol. The molecule has 7 heteroatoms. The van der Waals surface area contributed by atoms with Gasteiger partial charge < -0.3 is 0 Å². The molecular formula is C12H14N4O3. The number of nitrogens with two attached hydrogens (primary N) is 1. The Labute approximate surface area is 109 Å². The van der Waals surface area contributed by atoms with Crippen LogP contribution in [0.3, 0.4) is 0 Å². The van der Waals surface area contributed by atoms with Gasteiger partial charge in [0.05, 0.1) is 12.2 Å². The Morgan fingerprint density at radius 1 is 1.53 bits per heavy atom. The summed E-state index contributed by atoms with van der Waals surface area (Å²) in [7, 11) is 0. The zero-order valence-corrected chi connectivity index (χ0v) is 10.4. The number of rotatable bonds is 3. The molecule has 1 aromatic rings. The van der Waals surface area contributed by atoms with Crippen LogP contribution >= 0.6 is 0 Å². The van der Waals surface area contributed by atoms with E-state index in [-0.39, 0.29) is 36.4 Å². The lowest BCUT2D eigenvalue weighted by molar-refractivity contribution is -0.140. The first-order valence-corrected chi connectivity index (χ1v) is 5.84. The van der Waals surface area contributed by atoms with Crippen LogP contribution in [0.2, 0.25) is 0 Å². The molecule has 1 atom stereocenters. The van der Waals surface area contributed by atoms with Gasteiger partial charge in [0.25, 0.3) is 5.91 Å². The Morgan fingerprint density at radius 3 is 2.84 bits per heavy atom. The minimum absolute atomic E-state index is 0.0771. The van der Waals surface area contributed by atoms with Crippen LogP contribution in [0.5, 0.6) is 0 Å². The fourth-order valence-corrected chi connectivity index (χ4v) is 1.94. The van der Waals surface area contributed by atoms with Crippen molar-refractivity contribution in [3.05, 3.63) is 29.6 Å². The maximum Gasteiger partial charge on any atom is 0.283 e. The maximum atomic E-state index is 11.8. The predicted molar refractivity (Wildman–Crippen MR) is 65.2 cm³/mol. The predicted octanol–water partition coefficient (Wildman–Crippen LogP) is -0.420. The SMILES string of the molecule is CC1CC(=O)N(Cc2cccc(C(=O)NN)n2)C1=O. The van der Waals surface area contributed by atoms with Crippen LogP contribution in [-0.2, 0) is 16.1 Å². The van der Waals surface area contributed by atoms with Gasteiger partial charge in [0.15, 0.2) is 0 Å². The van der Waals surface area contributed by atoms with E-state index in [0.29, 0.717) is 5.69 Å². The lowest BCUT2D eigenvalue weighted by Gasteiger charge is -2.14. The molecule has 0 radical (unpaired) electrons. The van der Waals surface area contributed by atoms with Gasteiger partial charge in [0, 0.05) is 12.3 Å². The van der Waals surface area contributed by atoms with E-state index in [4.69, 9.17) is 5.84 Å². The Morgan fingerprint density at radius 2 is 2.26 bits per heavy atom. The third-order valence-electron chi connectivity index (χ3n) is 2.96. The number of nitrogens with one attached hydrogen (secondary N) is 1. The summed E-state index contributed by atoms with van der Waals surface area (Å²) in [6, 6.07) is 4.78. The van der Waals surface area contributed by atoms with Crippen molar-refractivity contribution in [1.82, 2.24) is 15.3 Å². The van der Waals surface area contributed by atoms with Crippen LogP contribution in [0.25, 0.3) is 0 Å². The summed E-state index contributed by atoms with van der Waals surface area (Å²) in [5.41, 5.74) is 2.59. The highest BCUT2D eigenvalue weighted by Crippen LogP contribution is 2.20. The van der Waals surface area contributed by atoms with Gasteiger partial charge >= 0.3 is 0 Å². The van der Waals surface area contributed by atoms with Crippen molar-refractivity contribution >= 4 is 17.7 Å². The maximum absolute atomic E-state index is 11.8. The number of imide groups is 1. The molecule has 100 valence electrons. The Hall–Kier alpha value is -2.28. The van der Waals surface area contributed by atoms with Gasteiger partial charge in [-0.25, -0.2) is 10.8 Å². The zero-order valence-electron chi connectivity index (χ0n) is 10.4. The van der Waals surface area contributed by atoms with Crippen molar-refractivity contribution in [2.45, 2.75) is 19.9 Å². The molecule has 2 rings (SSSR count). The zero-order chi connectivity index (χ0) is 14.0. The summed E-state index contributed by atoms with van der Waals surface area (Å²) in [4.78, 5) is 40.0. The first-order valence-electron chi connectivity index (χ1n) is 5.84. The van der Waals surface area contributed by atoms with Gasteiger partial charge in [0.1, 0.15) is 5.69 Å². The lowest BCUT2D eigenvalue weighted by Crippen LogP contribution is -2.32. The van der Waals surface area contributed by atoms with Gasteiger partial charge in [-0.3, -0.25) is 24.7 Å². The number of hydrogen-bond donors (Lipinski definition) is 2.